The summed E-state index contributed by atoms with van der Waals surface area (Å²) in [5, 5.41) is 27.7. The molecule has 1 atom stereocenters. The van der Waals surface area contributed by atoms with Gasteiger partial charge in [0.05, 0.1) is 34.1 Å². The SMILES string of the molecule is N#Cc1ccc(-c2cc(NCC3CCCNCC3)nn2-c2ccc(N3CCS(=O)(=O)CC3)c(F)c2)cc1F.O=C(O)C(F)(F)F. The van der Waals surface area contributed by atoms with E-state index in [4.69, 9.17) is 15.2 Å². The van der Waals surface area contributed by atoms with Crippen molar-refractivity contribution in [1.82, 2.24) is 15.1 Å². The van der Waals surface area contributed by atoms with Crippen molar-refractivity contribution >= 4 is 27.3 Å². The number of carboxylic acids is 1. The summed E-state index contributed by atoms with van der Waals surface area (Å²) >= 11 is 0. The van der Waals surface area contributed by atoms with Crippen molar-refractivity contribution in [2.75, 3.05) is 54.4 Å². The topological polar surface area (TPSA) is 140 Å². The van der Waals surface area contributed by atoms with Crippen LogP contribution in [0.1, 0.15) is 24.8 Å². The minimum absolute atomic E-state index is 0.00611. The van der Waals surface area contributed by atoms with Gasteiger partial charge in [-0.25, -0.2) is 26.7 Å². The summed E-state index contributed by atoms with van der Waals surface area (Å²) in [7, 11) is -3.09. The highest BCUT2D eigenvalue weighted by Gasteiger charge is 2.38. The number of carboxylic acid groups (broad SMARTS) is 1. The third-order valence-electron chi connectivity index (χ3n) is 7.47. The number of aliphatic carboxylic acids is 1. The van der Waals surface area contributed by atoms with Gasteiger partial charge in [-0.3, -0.25) is 0 Å². The lowest BCUT2D eigenvalue weighted by atomic mass is 10.0. The van der Waals surface area contributed by atoms with Crippen LogP contribution >= 0.6 is 0 Å². The van der Waals surface area contributed by atoms with E-state index in [0.717, 1.165) is 38.9 Å². The molecule has 0 radical (unpaired) electrons. The van der Waals surface area contributed by atoms with Gasteiger partial charge in [0, 0.05) is 37.3 Å². The predicted molar refractivity (Wildman–Crippen MR) is 157 cm³/mol. The maximum absolute atomic E-state index is 15.3. The van der Waals surface area contributed by atoms with Gasteiger partial charge in [-0.05, 0) is 62.5 Å². The van der Waals surface area contributed by atoms with E-state index in [2.05, 4.69) is 15.7 Å². The molecule has 1 unspecified atom stereocenters. The number of alkyl halides is 3. The highest BCUT2D eigenvalue weighted by Crippen LogP contribution is 2.30. The molecule has 10 nitrogen and oxygen atoms in total. The first-order valence-corrected chi connectivity index (χ1v) is 15.9. The van der Waals surface area contributed by atoms with Gasteiger partial charge in [0.2, 0.25) is 0 Å². The number of sulfone groups is 1. The Morgan fingerprint density at radius 3 is 2.40 bits per heavy atom. The molecule has 2 aliphatic rings. The number of hydrogen-bond donors (Lipinski definition) is 3. The summed E-state index contributed by atoms with van der Waals surface area (Å²) in [5.74, 6) is -2.81. The average Bonchev–Trinajstić information content (AvgIpc) is 3.23. The van der Waals surface area contributed by atoms with Crippen molar-refractivity contribution in [3.8, 4) is 23.0 Å². The van der Waals surface area contributed by atoms with E-state index < -0.39 is 33.6 Å². The molecule has 242 valence electrons. The lowest BCUT2D eigenvalue weighted by molar-refractivity contribution is -0.192. The lowest BCUT2D eigenvalue weighted by Crippen LogP contribution is -2.40. The van der Waals surface area contributed by atoms with E-state index in [9.17, 15) is 26.0 Å². The van der Waals surface area contributed by atoms with Crippen LogP contribution in [0.25, 0.3) is 16.9 Å². The van der Waals surface area contributed by atoms with Gasteiger partial charge in [0.15, 0.2) is 9.84 Å². The smallest absolute Gasteiger partial charge is 0.475 e. The normalized spacial score (nSPS) is 18.2. The molecule has 1 aromatic heterocycles. The molecule has 0 aliphatic carbocycles. The first-order chi connectivity index (χ1) is 21.3. The summed E-state index contributed by atoms with van der Waals surface area (Å²) in [5.41, 5.74) is 1.78. The number of nitrogens with one attached hydrogen (secondary N) is 2. The van der Waals surface area contributed by atoms with Gasteiger partial charge in [0.25, 0.3) is 0 Å². The molecule has 3 N–H and O–H groups in total. The van der Waals surface area contributed by atoms with Crippen molar-refractivity contribution in [2.24, 2.45) is 5.92 Å². The number of hydrogen-bond acceptors (Lipinski definition) is 8. The number of aromatic nitrogens is 2. The van der Waals surface area contributed by atoms with Crippen LogP contribution in [0.5, 0.6) is 0 Å². The van der Waals surface area contributed by atoms with Crippen molar-refractivity contribution < 1.29 is 40.3 Å². The minimum atomic E-state index is -5.08. The van der Waals surface area contributed by atoms with Crippen LogP contribution in [-0.2, 0) is 14.6 Å². The molecule has 2 aromatic carbocycles. The molecule has 5 rings (SSSR count). The third-order valence-corrected chi connectivity index (χ3v) is 9.07. The minimum Gasteiger partial charge on any atom is -0.475 e. The van der Waals surface area contributed by atoms with E-state index in [-0.39, 0.29) is 30.2 Å². The van der Waals surface area contributed by atoms with Gasteiger partial charge in [-0.1, -0.05) is 6.07 Å². The van der Waals surface area contributed by atoms with E-state index in [1.54, 1.807) is 33.8 Å². The number of benzene rings is 2. The van der Waals surface area contributed by atoms with E-state index >= 15 is 4.39 Å². The molecule has 2 fully saturated rings. The Labute approximate surface area is 256 Å². The van der Waals surface area contributed by atoms with E-state index in [0.29, 0.717) is 34.4 Å². The first kappa shape index (κ1) is 33.7. The fraction of sp³-hybridized carbons (Fsp3) is 0.414. The van der Waals surface area contributed by atoms with Gasteiger partial charge < -0.3 is 20.6 Å². The second-order valence-corrected chi connectivity index (χ2v) is 12.9. The fourth-order valence-electron chi connectivity index (χ4n) is 5.02. The van der Waals surface area contributed by atoms with Gasteiger partial charge in [0.1, 0.15) is 23.5 Å². The standard InChI is InChI=1S/C27H30F2N6O2S.C2HF3O2/c28-23-14-20(3-4-21(23)17-30)26-16-27(32-18-19-2-1-8-31-9-7-19)33-35(26)22-5-6-25(24(29)15-22)34-10-12-38(36,37)13-11-34;3-2(4,5)1(6)7/h3-6,14-16,19,31H,1-2,7-13,18H2,(H,32,33);(H,6,7). The number of nitrogens with zero attached hydrogens (tertiary/aromatic N) is 4. The Morgan fingerprint density at radius 2 is 1.78 bits per heavy atom. The van der Waals surface area contributed by atoms with Crippen molar-refractivity contribution in [2.45, 2.75) is 25.4 Å². The first-order valence-electron chi connectivity index (χ1n) is 14.1. The number of rotatable bonds is 6. The molecule has 45 heavy (non-hydrogen) atoms. The molecule has 3 heterocycles. The van der Waals surface area contributed by atoms with Gasteiger partial charge in [-0.15, -0.1) is 5.10 Å². The van der Waals surface area contributed by atoms with Crippen LogP contribution in [0.2, 0.25) is 0 Å². The molecular formula is C29H31F5N6O4S. The number of nitriles is 1. The summed E-state index contributed by atoms with van der Waals surface area (Å²) in [6.07, 6.45) is -1.80. The van der Waals surface area contributed by atoms with Crippen LogP contribution in [0.15, 0.2) is 42.5 Å². The fourth-order valence-corrected chi connectivity index (χ4v) is 6.22. The maximum Gasteiger partial charge on any atom is 0.490 e. The van der Waals surface area contributed by atoms with Crippen LogP contribution in [0.4, 0.5) is 33.5 Å². The number of halogens is 5. The zero-order chi connectivity index (χ0) is 32.8. The summed E-state index contributed by atoms with van der Waals surface area (Å²) in [4.78, 5) is 10.6. The molecule has 2 aliphatic heterocycles. The molecule has 2 saturated heterocycles. The van der Waals surface area contributed by atoms with Gasteiger partial charge >= 0.3 is 12.1 Å². The van der Waals surface area contributed by atoms with Crippen LogP contribution in [0, 0.1) is 28.9 Å². The number of anilines is 2. The van der Waals surface area contributed by atoms with Crippen molar-refractivity contribution in [3.63, 3.8) is 0 Å². The Bertz CT molecular complexity index is 1650. The number of carbonyl (C=O) groups is 1. The molecule has 16 heteroatoms. The Balaban J connectivity index is 0.000000591. The highest BCUT2D eigenvalue weighted by molar-refractivity contribution is 7.91. The lowest BCUT2D eigenvalue weighted by Gasteiger charge is -2.29. The van der Waals surface area contributed by atoms with Gasteiger partial charge in [-0.2, -0.15) is 18.4 Å². The van der Waals surface area contributed by atoms with Crippen LogP contribution in [-0.4, -0.2) is 79.7 Å². The Morgan fingerprint density at radius 1 is 1.07 bits per heavy atom. The third kappa shape index (κ3) is 8.92. The maximum atomic E-state index is 15.3. The molecule has 0 saturated carbocycles. The van der Waals surface area contributed by atoms with Crippen LogP contribution < -0.4 is 15.5 Å². The second-order valence-electron chi connectivity index (χ2n) is 10.6. The quantitative estimate of drug-likeness (QED) is 0.331. The molecule has 0 spiro atoms. The summed E-state index contributed by atoms with van der Waals surface area (Å²) in [6.45, 7) is 3.21. The average molecular weight is 655 g/mol. The van der Waals surface area contributed by atoms with Crippen molar-refractivity contribution in [3.05, 3.63) is 59.7 Å². The molecule has 3 aromatic rings. The molecular weight excluding hydrogens is 623 g/mol. The summed E-state index contributed by atoms with van der Waals surface area (Å²) < 4.78 is 86.6. The summed E-state index contributed by atoms with van der Waals surface area (Å²) in [6, 6.07) is 12.7. The zero-order valence-corrected chi connectivity index (χ0v) is 24.8. The monoisotopic (exact) mass is 654 g/mol. The van der Waals surface area contributed by atoms with Crippen molar-refractivity contribution in [1.29, 1.82) is 5.26 Å². The van der Waals surface area contributed by atoms with E-state index in [1.165, 1.54) is 18.2 Å². The Hall–Kier alpha value is -4.23. The van der Waals surface area contributed by atoms with Crippen LogP contribution in [0.3, 0.4) is 0 Å². The van der Waals surface area contributed by atoms with E-state index in [1.807, 2.05) is 6.07 Å². The predicted octanol–water partition coefficient (Wildman–Crippen LogP) is 4.36. The zero-order valence-electron chi connectivity index (χ0n) is 23.9. The molecule has 0 bridgehead atoms. The molecule has 0 amide bonds. The largest absolute Gasteiger partial charge is 0.490 e. The Kier molecular flexibility index (Phi) is 10.7. The highest BCUT2D eigenvalue weighted by atomic mass is 32.2. The second kappa shape index (κ2) is 14.2.